The molecule has 3 unspecified atom stereocenters. The number of fused-ring (bicyclic) bond motifs is 10. The fraction of sp³-hybridized carbons (Fsp3) is 0.684. The molecule has 2 aromatic carbocycles. The quantitative estimate of drug-likeness (QED) is 0.245. The highest BCUT2D eigenvalue weighted by molar-refractivity contribution is 5.57. The van der Waals surface area contributed by atoms with Gasteiger partial charge in [-0.25, -0.2) is 0 Å². The monoisotopic (exact) mass is 602 g/mol. The van der Waals surface area contributed by atoms with Gasteiger partial charge >= 0.3 is 0 Å². The van der Waals surface area contributed by atoms with Crippen molar-refractivity contribution in [2.24, 2.45) is 34.5 Å². The van der Waals surface area contributed by atoms with Gasteiger partial charge in [-0.15, -0.1) is 0 Å². The lowest BCUT2D eigenvalue weighted by molar-refractivity contribution is -0.217. The molecule has 0 radical (unpaired) electrons. The minimum absolute atomic E-state index is 0.0335. The van der Waals surface area contributed by atoms with Crippen LogP contribution in [-0.4, -0.2) is 34.6 Å². The largest absolute Gasteiger partial charge is 0.504 e. The number of hydrogen-bond donors (Lipinski definition) is 3. The van der Waals surface area contributed by atoms with Crippen LogP contribution in [0.25, 0.3) is 0 Å². The Morgan fingerprint density at radius 2 is 1.41 bits per heavy atom. The molecule has 0 aromatic heterocycles. The molecule has 0 spiro atoms. The molecule has 2 aromatic rings. The first-order valence-corrected chi connectivity index (χ1v) is 17.4. The van der Waals surface area contributed by atoms with Crippen LogP contribution in [-0.2, 0) is 24.3 Å². The van der Waals surface area contributed by atoms with E-state index in [1.54, 1.807) is 7.11 Å². The highest BCUT2D eigenvalue weighted by Crippen LogP contribution is 2.63. The maximum Gasteiger partial charge on any atom is 0.165 e. The molecule has 6 aliphatic carbocycles. The smallest absolute Gasteiger partial charge is 0.165 e. The third kappa shape index (κ3) is 4.23. The minimum atomic E-state index is -0.185. The molecule has 3 N–H and O–H groups in total. The second-order valence-electron chi connectivity index (χ2n) is 15.8. The zero-order valence-corrected chi connectivity index (χ0v) is 26.7. The Morgan fingerprint density at radius 3 is 2.07 bits per heavy atom. The number of phenolic OH excluding ortho intramolecular Hbond substituents is 1. The van der Waals surface area contributed by atoms with Crippen molar-refractivity contribution in [2.75, 3.05) is 7.11 Å². The highest BCUT2D eigenvalue weighted by Gasteiger charge is 2.56. The molecule has 0 heterocycles. The van der Waals surface area contributed by atoms with Crippen molar-refractivity contribution in [3.8, 4) is 17.2 Å². The number of methoxy groups -OCH3 is 1. The maximum atomic E-state index is 11.2. The minimum Gasteiger partial charge on any atom is -0.504 e. The van der Waals surface area contributed by atoms with Crippen LogP contribution in [0.4, 0.5) is 0 Å². The van der Waals surface area contributed by atoms with E-state index in [4.69, 9.17) is 14.5 Å². The fourth-order valence-electron chi connectivity index (χ4n) is 11.8. The van der Waals surface area contributed by atoms with Gasteiger partial charge in [0.15, 0.2) is 17.2 Å². The van der Waals surface area contributed by atoms with E-state index < -0.39 is 0 Å². The fourth-order valence-corrected chi connectivity index (χ4v) is 11.8. The molecule has 10 atom stereocenters. The number of benzene rings is 2. The molecule has 6 aliphatic rings. The summed E-state index contributed by atoms with van der Waals surface area (Å²) in [4.78, 5) is 11.7. The molecule has 0 bridgehead atoms. The summed E-state index contributed by atoms with van der Waals surface area (Å²) < 4.78 is 5.80. The second kappa shape index (κ2) is 10.6. The molecule has 6 nitrogen and oxygen atoms in total. The summed E-state index contributed by atoms with van der Waals surface area (Å²) in [6.07, 6.45) is 12.4. The van der Waals surface area contributed by atoms with Crippen LogP contribution in [0.2, 0.25) is 0 Å². The van der Waals surface area contributed by atoms with Crippen LogP contribution in [0.15, 0.2) is 24.3 Å². The van der Waals surface area contributed by atoms with Gasteiger partial charge < -0.3 is 24.9 Å². The van der Waals surface area contributed by atoms with Gasteiger partial charge in [-0.05, 0) is 158 Å². The highest BCUT2D eigenvalue weighted by atomic mass is 17.2. The Labute approximate surface area is 262 Å². The first-order chi connectivity index (χ1) is 21.2. The Hall–Kier alpha value is -2.28. The van der Waals surface area contributed by atoms with Crippen LogP contribution in [0, 0.1) is 34.5 Å². The molecule has 4 fully saturated rings. The van der Waals surface area contributed by atoms with E-state index in [-0.39, 0.29) is 35.4 Å². The molecule has 0 saturated heterocycles. The van der Waals surface area contributed by atoms with Crippen molar-refractivity contribution in [2.45, 2.75) is 122 Å². The second-order valence-corrected chi connectivity index (χ2v) is 15.8. The summed E-state index contributed by atoms with van der Waals surface area (Å²) in [5.41, 5.74) is 6.08. The number of aliphatic hydroxyl groups is 2. The summed E-state index contributed by atoms with van der Waals surface area (Å²) >= 11 is 0. The summed E-state index contributed by atoms with van der Waals surface area (Å²) in [7, 11) is 1.65. The van der Waals surface area contributed by atoms with Gasteiger partial charge in [0.25, 0.3) is 0 Å². The number of aromatic hydroxyl groups is 1. The molecule has 0 aliphatic heterocycles. The van der Waals surface area contributed by atoms with Crippen molar-refractivity contribution in [3.63, 3.8) is 0 Å². The zero-order valence-electron chi connectivity index (χ0n) is 26.7. The summed E-state index contributed by atoms with van der Waals surface area (Å²) in [5.74, 6) is 4.84. The van der Waals surface area contributed by atoms with E-state index in [0.717, 1.165) is 76.2 Å². The third-order valence-electron chi connectivity index (χ3n) is 14.2. The van der Waals surface area contributed by atoms with E-state index in [9.17, 15) is 15.3 Å². The molecule has 44 heavy (non-hydrogen) atoms. The molecular formula is C38H50O6. The predicted octanol–water partition coefficient (Wildman–Crippen LogP) is 7.35. The van der Waals surface area contributed by atoms with Crippen LogP contribution in [0.3, 0.4) is 0 Å². The van der Waals surface area contributed by atoms with Crippen LogP contribution >= 0.6 is 0 Å². The zero-order chi connectivity index (χ0) is 30.4. The van der Waals surface area contributed by atoms with Crippen molar-refractivity contribution >= 4 is 0 Å². The SMILES string of the molecule is COc1c(O)c(COOc2ccc3c(c2)CC[C@@H]2[C@@H]3CC[C@]3(C)[C@@H](O)CC[C@@H]23)cc2c1CCC1C2CC[C@@]2(C)C1CC[C@@H]2O. The van der Waals surface area contributed by atoms with Gasteiger partial charge in [-0.2, -0.15) is 4.89 Å². The first-order valence-electron chi connectivity index (χ1n) is 17.4. The standard InChI is InChI=1S/C38H50O6/c1-37-16-14-25-24-7-5-23(18-21(24)4-6-27(25)31(37)10-12-33(37)39)44-43-20-22-19-30-26-15-17-38(2)32(11-13-34(38)40)28(26)8-9-29(30)36(42-3)35(22)41/h5,7,18-19,25-28,31-34,39-41H,4,6,8-17,20H2,1-3H3/t25-,26?,27-,28?,31+,32?,33+,34+,37+,38+/m1/s1. The Balaban J connectivity index is 0.979. The van der Waals surface area contributed by atoms with Gasteiger partial charge in [0.2, 0.25) is 0 Å². The number of ether oxygens (including phenoxy) is 1. The number of aryl methyl sites for hydroxylation is 1. The Kier molecular flexibility index (Phi) is 7.04. The Morgan fingerprint density at radius 1 is 0.773 bits per heavy atom. The lowest BCUT2D eigenvalue weighted by atomic mass is 9.55. The van der Waals surface area contributed by atoms with Crippen molar-refractivity contribution in [1.82, 2.24) is 0 Å². The topological polar surface area (TPSA) is 88.4 Å². The molecular weight excluding hydrogens is 552 g/mol. The van der Waals surface area contributed by atoms with E-state index in [0.29, 0.717) is 52.6 Å². The van der Waals surface area contributed by atoms with Gasteiger partial charge in [0, 0.05) is 11.1 Å². The van der Waals surface area contributed by atoms with Gasteiger partial charge in [-0.3, -0.25) is 0 Å². The number of phenols is 1. The number of hydrogen-bond acceptors (Lipinski definition) is 6. The lowest BCUT2D eigenvalue weighted by Crippen LogP contribution is -2.44. The lowest BCUT2D eigenvalue weighted by Gasteiger charge is -2.50. The van der Waals surface area contributed by atoms with Gasteiger partial charge in [0.1, 0.15) is 6.61 Å². The average molecular weight is 603 g/mol. The molecule has 238 valence electrons. The van der Waals surface area contributed by atoms with Crippen LogP contribution in [0.5, 0.6) is 17.2 Å². The van der Waals surface area contributed by atoms with E-state index in [2.05, 4.69) is 32.0 Å². The van der Waals surface area contributed by atoms with Crippen LogP contribution in [0.1, 0.15) is 118 Å². The Bertz CT molecular complexity index is 1440. The van der Waals surface area contributed by atoms with Gasteiger partial charge in [-0.1, -0.05) is 19.9 Å². The van der Waals surface area contributed by atoms with Gasteiger partial charge in [0.05, 0.1) is 19.3 Å². The molecule has 8 rings (SSSR count). The maximum absolute atomic E-state index is 11.2. The molecule has 4 saturated carbocycles. The van der Waals surface area contributed by atoms with E-state index in [1.807, 2.05) is 6.07 Å². The number of rotatable bonds is 5. The summed E-state index contributed by atoms with van der Waals surface area (Å²) in [5, 5.41) is 32.7. The molecule has 6 heteroatoms. The van der Waals surface area contributed by atoms with Crippen molar-refractivity contribution in [3.05, 3.63) is 52.1 Å². The van der Waals surface area contributed by atoms with E-state index in [1.165, 1.54) is 23.1 Å². The summed E-state index contributed by atoms with van der Waals surface area (Å²) in [6.45, 7) is 4.77. The first kappa shape index (κ1) is 29.1. The van der Waals surface area contributed by atoms with E-state index >= 15 is 0 Å². The van der Waals surface area contributed by atoms with Crippen LogP contribution < -0.4 is 9.62 Å². The normalized spacial score (nSPS) is 40.2. The van der Waals surface area contributed by atoms with Crippen molar-refractivity contribution < 1.29 is 29.8 Å². The average Bonchev–Trinajstić information content (AvgIpc) is 3.51. The molecule has 0 amide bonds. The third-order valence-corrected chi connectivity index (χ3v) is 14.2. The predicted molar refractivity (Wildman–Crippen MR) is 168 cm³/mol. The number of aliphatic hydroxyl groups excluding tert-OH is 2. The summed E-state index contributed by atoms with van der Waals surface area (Å²) in [6, 6.07) is 8.57. The van der Waals surface area contributed by atoms with Crippen molar-refractivity contribution in [1.29, 1.82) is 0 Å².